The predicted octanol–water partition coefficient (Wildman–Crippen LogP) is 4.15. The minimum absolute atomic E-state index is 0.203. The summed E-state index contributed by atoms with van der Waals surface area (Å²) >= 11 is 1.50. The molecule has 4 aromatic rings. The number of aryl methyl sites for hydroxylation is 1. The van der Waals surface area contributed by atoms with Crippen LogP contribution in [0.3, 0.4) is 0 Å². The van der Waals surface area contributed by atoms with Crippen molar-refractivity contribution in [1.82, 2.24) is 19.9 Å². The Balaban J connectivity index is 1.96. The number of hydrogen-bond donors (Lipinski definition) is 2. The van der Waals surface area contributed by atoms with Crippen molar-refractivity contribution in [2.75, 3.05) is 5.32 Å². The molecule has 4 aromatic heterocycles. The molecule has 0 aliphatic rings. The van der Waals surface area contributed by atoms with Crippen molar-refractivity contribution in [3.8, 4) is 21.8 Å². The number of anilines is 1. The molecule has 1 amide bonds. The second kappa shape index (κ2) is 6.30. The number of aromatic amines is 1. The lowest BCUT2D eigenvalue weighted by molar-refractivity contribution is -0.114. The van der Waals surface area contributed by atoms with E-state index in [1.807, 2.05) is 18.4 Å². The maximum Gasteiger partial charge on any atom is 0.222 e. The van der Waals surface area contributed by atoms with Crippen LogP contribution in [0.15, 0.2) is 36.0 Å². The number of halogens is 1. The fraction of sp³-hybridized carbons (Fsp3) is 0.111. The minimum Gasteiger partial charge on any atom is -0.353 e. The predicted molar refractivity (Wildman–Crippen MR) is 99.4 cm³/mol. The van der Waals surface area contributed by atoms with E-state index in [0.29, 0.717) is 16.9 Å². The van der Waals surface area contributed by atoms with E-state index in [2.05, 4.69) is 25.3 Å². The van der Waals surface area contributed by atoms with Crippen molar-refractivity contribution < 1.29 is 9.18 Å². The van der Waals surface area contributed by atoms with Crippen LogP contribution < -0.4 is 5.32 Å². The number of pyridine rings is 2. The summed E-state index contributed by atoms with van der Waals surface area (Å²) in [5.41, 5.74) is 4.49. The van der Waals surface area contributed by atoms with Crippen LogP contribution in [0, 0.1) is 12.7 Å². The van der Waals surface area contributed by atoms with Gasteiger partial charge in [-0.3, -0.25) is 9.78 Å². The lowest BCUT2D eigenvalue weighted by atomic mass is 10.1. The van der Waals surface area contributed by atoms with Gasteiger partial charge in [0.25, 0.3) is 0 Å². The molecule has 4 heterocycles. The zero-order chi connectivity index (χ0) is 18.3. The molecule has 0 aliphatic heterocycles. The third-order valence-corrected chi connectivity index (χ3v) is 4.76. The van der Waals surface area contributed by atoms with Crippen molar-refractivity contribution >= 4 is 34.1 Å². The molecule has 6 nitrogen and oxygen atoms in total. The number of aromatic nitrogens is 4. The molecule has 26 heavy (non-hydrogen) atoms. The first-order valence-corrected chi connectivity index (χ1v) is 8.73. The summed E-state index contributed by atoms with van der Waals surface area (Å²) in [4.78, 5) is 27.5. The molecule has 8 heteroatoms. The summed E-state index contributed by atoms with van der Waals surface area (Å²) in [6.07, 6.45) is 2.80. The van der Waals surface area contributed by atoms with Crippen LogP contribution >= 0.6 is 11.3 Å². The first-order chi connectivity index (χ1) is 12.5. The largest absolute Gasteiger partial charge is 0.353 e. The number of amides is 1. The molecule has 0 saturated heterocycles. The number of nitrogens with zero attached hydrogens (tertiary/aromatic N) is 3. The van der Waals surface area contributed by atoms with E-state index < -0.39 is 5.82 Å². The maximum atomic E-state index is 13.6. The van der Waals surface area contributed by atoms with Gasteiger partial charge in [-0.15, -0.1) is 11.3 Å². The molecule has 2 N–H and O–H groups in total. The van der Waals surface area contributed by atoms with Gasteiger partial charge in [0.05, 0.1) is 28.5 Å². The Morgan fingerprint density at radius 3 is 2.88 bits per heavy atom. The highest BCUT2D eigenvalue weighted by Gasteiger charge is 2.19. The number of carbonyl (C=O) groups excluding carboxylic acids is 1. The Bertz CT molecular complexity index is 1130. The lowest BCUT2D eigenvalue weighted by Crippen LogP contribution is -2.07. The monoisotopic (exact) mass is 367 g/mol. The van der Waals surface area contributed by atoms with Crippen LogP contribution in [-0.4, -0.2) is 25.8 Å². The van der Waals surface area contributed by atoms with Crippen LogP contribution in [0.25, 0.3) is 32.9 Å². The molecule has 4 rings (SSSR count). The normalized spacial score (nSPS) is 11.0. The van der Waals surface area contributed by atoms with E-state index >= 15 is 0 Å². The van der Waals surface area contributed by atoms with Crippen molar-refractivity contribution in [2.24, 2.45) is 0 Å². The summed E-state index contributed by atoms with van der Waals surface area (Å²) in [5, 5.41) is 5.42. The van der Waals surface area contributed by atoms with E-state index in [1.54, 1.807) is 12.3 Å². The summed E-state index contributed by atoms with van der Waals surface area (Å²) < 4.78 is 13.6. The number of carbonyl (C=O) groups is 1. The van der Waals surface area contributed by atoms with Gasteiger partial charge in [0.2, 0.25) is 5.91 Å². The highest BCUT2D eigenvalue weighted by atomic mass is 32.1. The minimum atomic E-state index is -0.416. The van der Waals surface area contributed by atoms with Gasteiger partial charge in [0, 0.05) is 35.8 Å². The van der Waals surface area contributed by atoms with E-state index in [9.17, 15) is 9.18 Å². The number of rotatable bonds is 3. The molecular weight excluding hydrogens is 353 g/mol. The number of nitrogens with one attached hydrogen (secondary N) is 2. The average molecular weight is 367 g/mol. The molecule has 0 fully saturated rings. The first kappa shape index (κ1) is 16.3. The van der Waals surface area contributed by atoms with Gasteiger partial charge in [-0.25, -0.2) is 14.4 Å². The highest BCUT2D eigenvalue weighted by Crippen LogP contribution is 2.39. The third-order valence-electron chi connectivity index (χ3n) is 3.79. The molecule has 0 aliphatic carbocycles. The van der Waals surface area contributed by atoms with Gasteiger partial charge in [-0.1, -0.05) is 0 Å². The Hall–Kier alpha value is -3.13. The van der Waals surface area contributed by atoms with Gasteiger partial charge < -0.3 is 10.3 Å². The van der Waals surface area contributed by atoms with Gasteiger partial charge in [0.1, 0.15) is 16.6 Å². The number of H-pyrrole nitrogens is 1. The van der Waals surface area contributed by atoms with E-state index in [1.165, 1.54) is 30.5 Å². The third kappa shape index (κ3) is 2.95. The SMILES string of the molecule is CC(=O)Nc1cc(-c2[nH]c3cc(F)cnc3c2-c2nc(C)cs2)ccn1. The standard InChI is InChI=1S/C18H14FN5OS/c1-9-8-26-18(22-9)15-16(24-13-6-12(19)7-21-17(13)15)11-3-4-20-14(5-11)23-10(2)25/h3-8,24H,1-2H3,(H,20,23,25). The average Bonchev–Trinajstić information content (AvgIpc) is 3.17. The van der Waals surface area contributed by atoms with Gasteiger partial charge in [0.15, 0.2) is 0 Å². The quantitative estimate of drug-likeness (QED) is 0.570. The summed E-state index contributed by atoms with van der Waals surface area (Å²) in [7, 11) is 0. The smallest absolute Gasteiger partial charge is 0.222 e. The molecule has 0 spiro atoms. The van der Waals surface area contributed by atoms with E-state index in [0.717, 1.165) is 27.5 Å². The van der Waals surface area contributed by atoms with Crippen LogP contribution in [0.1, 0.15) is 12.6 Å². The molecule has 0 atom stereocenters. The Morgan fingerprint density at radius 2 is 2.15 bits per heavy atom. The van der Waals surface area contributed by atoms with E-state index in [4.69, 9.17) is 0 Å². The van der Waals surface area contributed by atoms with Gasteiger partial charge in [-0.2, -0.15) is 0 Å². The van der Waals surface area contributed by atoms with E-state index in [-0.39, 0.29) is 5.91 Å². The maximum absolute atomic E-state index is 13.6. The fourth-order valence-electron chi connectivity index (χ4n) is 2.78. The summed E-state index contributed by atoms with van der Waals surface area (Å²) in [6.45, 7) is 3.34. The second-order valence-electron chi connectivity index (χ2n) is 5.83. The Morgan fingerprint density at radius 1 is 1.31 bits per heavy atom. The van der Waals surface area contributed by atoms with Gasteiger partial charge >= 0.3 is 0 Å². The molecule has 0 saturated carbocycles. The van der Waals surface area contributed by atoms with Crippen molar-refractivity contribution in [1.29, 1.82) is 0 Å². The molecule has 0 aromatic carbocycles. The van der Waals surface area contributed by atoms with Crippen LogP contribution in [-0.2, 0) is 4.79 Å². The number of hydrogen-bond acceptors (Lipinski definition) is 5. The van der Waals surface area contributed by atoms with Crippen molar-refractivity contribution in [3.05, 3.63) is 47.5 Å². The number of thiazole rings is 1. The zero-order valence-electron chi connectivity index (χ0n) is 14.0. The molecule has 130 valence electrons. The molecule has 0 unspecified atom stereocenters. The molecule has 0 bridgehead atoms. The zero-order valence-corrected chi connectivity index (χ0v) is 14.8. The lowest BCUT2D eigenvalue weighted by Gasteiger charge is -2.05. The summed E-state index contributed by atoms with van der Waals surface area (Å²) in [6, 6.07) is 4.98. The highest BCUT2D eigenvalue weighted by molar-refractivity contribution is 7.13. The van der Waals surface area contributed by atoms with Crippen molar-refractivity contribution in [2.45, 2.75) is 13.8 Å². The summed E-state index contributed by atoms with van der Waals surface area (Å²) in [5.74, 6) is -0.180. The second-order valence-corrected chi connectivity index (χ2v) is 6.69. The van der Waals surface area contributed by atoms with Gasteiger partial charge in [-0.05, 0) is 19.1 Å². The number of fused-ring (bicyclic) bond motifs is 1. The first-order valence-electron chi connectivity index (χ1n) is 7.85. The Labute approximate surface area is 152 Å². The van der Waals surface area contributed by atoms with Crippen LogP contribution in [0.5, 0.6) is 0 Å². The fourth-order valence-corrected chi connectivity index (χ4v) is 3.63. The molecule has 0 radical (unpaired) electrons. The van der Waals surface area contributed by atoms with Crippen LogP contribution in [0.2, 0.25) is 0 Å². The van der Waals surface area contributed by atoms with Crippen LogP contribution in [0.4, 0.5) is 10.2 Å². The van der Waals surface area contributed by atoms with Crippen molar-refractivity contribution in [3.63, 3.8) is 0 Å². The Kier molecular flexibility index (Phi) is 3.96. The molecular formula is C18H14FN5OS. The topological polar surface area (TPSA) is 83.6 Å².